The standard InChI is InChI=1S/F3OP.K/c1-5(2,3)4;. The van der Waals surface area contributed by atoms with Crippen molar-refractivity contribution in [3.63, 3.8) is 0 Å². The van der Waals surface area contributed by atoms with E-state index in [0.717, 1.165) is 0 Å². The Labute approximate surface area is 75.5 Å². The average molecular weight is 143 g/mol. The maximum Gasteiger partial charge on any atom is 0.591 e. The van der Waals surface area contributed by atoms with E-state index in [2.05, 4.69) is 0 Å². The Hall–Kier alpha value is 1.66. The first kappa shape index (κ1) is 10.6. The Morgan fingerprint density at radius 3 is 1.17 bits per heavy atom. The summed E-state index contributed by atoms with van der Waals surface area (Å²) in [5.74, 6) is 0. The van der Waals surface area contributed by atoms with E-state index in [1.54, 1.807) is 0 Å². The number of hydrogen-bond donors (Lipinski definition) is 0. The van der Waals surface area contributed by atoms with Crippen LogP contribution in [0.2, 0.25) is 0 Å². The van der Waals surface area contributed by atoms with Gasteiger partial charge in [-0.05, 0) is 0 Å². The molecule has 1 radical (unpaired) electrons. The van der Waals surface area contributed by atoms with Crippen LogP contribution in [0.15, 0.2) is 0 Å². The molecule has 0 unspecified atom stereocenters. The van der Waals surface area contributed by atoms with Gasteiger partial charge in [0.1, 0.15) is 0 Å². The first-order valence-corrected chi connectivity index (χ1v) is 2.07. The molecule has 0 amide bonds. The van der Waals surface area contributed by atoms with E-state index in [4.69, 9.17) is 4.57 Å². The van der Waals surface area contributed by atoms with E-state index < -0.39 is 8.07 Å². The SMILES string of the molecule is O=P(F)(F)F.[K]. The second kappa shape index (κ2) is 3.63. The molecule has 0 aliphatic heterocycles. The summed E-state index contributed by atoms with van der Waals surface area (Å²) in [4.78, 5) is 0. The molecule has 6 heavy (non-hydrogen) atoms. The van der Waals surface area contributed by atoms with Crippen molar-refractivity contribution < 1.29 is 17.2 Å². The van der Waals surface area contributed by atoms with E-state index in [1.165, 1.54) is 0 Å². The maximum absolute atomic E-state index is 9.91. The topological polar surface area (TPSA) is 17.1 Å². The molecule has 0 saturated carbocycles. The molecule has 0 bridgehead atoms. The summed E-state index contributed by atoms with van der Waals surface area (Å²) < 4.78 is 37.9. The van der Waals surface area contributed by atoms with Crippen molar-refractivity contribution in [1.82, 2.24) is 0 Å². The molecule has 0 fully saturated rings. The third-order valence-corrected chi connectivity index (χ3v) is 0. The molecule has 0 atom stereocenters. The van der Waals surface area contributed by atoms with Gasteiger partial charge in [-0.1, -0.05) is 0 Å². The third kappa shape index (κ3) is 44.7. The molecule has 33 valence electrons. The van der Waals surface area contributed by atoms with Gasteiger partial charge in [0.2, 0.25) is 0 Å². The first-order chi connectivity index (χ1) is 2.00. The smallest absolute Gasteiger partial charge is 0.215 e. The summed E-state index contributed by atoms with van der Waals surface area (Å²) in [6.45, 7) is 0. The summed E-state index contributed by atoms with van der Waals surface area (Å²) in [7, 11) is -6.14. The zero-order valence-corrected chi connectivity index (χ0v) is 7.01. The molecular weight excluding hydrogens is 143 g/mol. The van der Waals surface area contributed by atoms with Crippen LogP contribution in [0.4, 0.5) is 12.6 Å². The third-order valence-electron chi connectivity index (χ3n) is 0. The maximum atomic E-state index is 9.91. The summed E-state index contributed by atoms with van der Waals surface area (Å²) in [6, 6.07) is 0. The van der Waals surface area contributed by atoms with Crippen LogP contribution in [-0.4, -0.2) is 51.4 Å². The van der Waals surface area contributed by atoms with Gasteiger partial charge in [-0.2, -0.15) is 0 Å². The fraction of sp³-hybridized carbons (Fsp3) is 0. The molecule has 0 aliphatic carbocycles. The molecule has 0 heterocycles. The molecule has 6 heteroatoms. The van der Waals surface area contributed by atoms with E-state index in [9.17, 15) is 12.6 Å². The second-order valence-corrected chi connectivity index (χ2v) is 1.20. The molecule has 1 nitrogen and oxygen atoms in total. The van der Waals surface area contributed by atoms with Crippen molar-refractivity contribution in [3.8, 4) is 0 Å². The van der Waals surface area contributed by atoms with Crippen molar-refractivity contribution in [2.24, 2.45) is 0 Å². The molecule has 0 spiro atoms. The summed E-state index contributed by atoms with van der Waals surface area (Å²) >= 11 is 0. The van der Waals surface area contributed by atoms with Crippen molar-refractivity contribution >= 4 is 59.5 Å². The molecule has 0 aromatic rings. The van der Waals surface area contributed by atoms with Crippen molar-refractivity contribution in [2.75, 3.05) is 0 Å². The summed E-state index contributed by atoms with van der Waals surface area (Å²) in [5, 5.41) is 0. The Morgan fingerprint density at radius 2 is 1.17 bits per heavy atom. The fourth-order valence-corrected chi connectivity index (χ4v) is 0. The normalized spacial score (nSPS) is 9.83. The van der Waals surface area contributed by atoms with Crippen molar-refractivity contribution in [2.45, 2.75) is 0 Å². The zero-order valence-electron chi connectivity index (χ0n) is 2.99. The van der Waals surface area contributed by atoms with Gasteiger partial charge in [0.05, 0.1) is 0 Å². The molecular formula is F3KOP. The van der Waals surface area contributed by atoms with Crippen LogP contribution in [0.1, 0.15) is 0 Å². The van der Waals surface area contributed by atoms with Crippen LogP contribution in [0.3, 0.4) is 0 Å². The minimum atomic E-state index is -6.14. The van der Waals surface area contributed by atoms with Gasteiger partial charge in [-0.15, -0.1) is 12.6 Å². The Balaban J connectivity index is 0. The largest absolute Gasteiger partial charge is 0.591 e. The molecule has 0 rings (SSSR count). The number of hydrogen-bond acceptors (Lipinski definition) is 1. The number of halogens is 3. The average Bonchev–Trinajstić information content (AvgIpc) is 0.722. The van der Waals surface area contributed by atoms with Gasteiger partial charge < -0.3 is 0 Å². The first-order valence-electron chi connectivity index (χ1n) is 0.690. The molecule has 0 aromatic heterocycles. The van der Waals surface area contributed by atoms with Gasteiger partial charge in [-0.25, -0.2) is 4.57 Å². The van der Waals surface area contributed by atoms with Gasteiger partial charge in [0.25, 0.3) is 0 Å². The van der Waals surface area contributed by atoms with E-state index >= 15 is 0 Å². The monoisotopic (exact) mass is 143 g/mol. The predicted octanol–water partition coefficient (Wildman–Crippen LogP) is 1.62. The van der Waals surface area contributed by atoms with Gasteiger partial charge >= 0.3 is 8.07 Å². The fourth-order valence-electron chi connectivity index (χ4n) is 0. The van der Waals surface area contributed by atoms with Gasteiger partial charge in [0, 0.05) is 51.4 Å². The van der Waals surface area contributed by atoms with Crippen LogP contribution in [-0.2, 0) is 4.57 Å². The summed E-state index contributed by atoms with van der Waals surface area (Å²) in [5.41, 5.74) is 0. The molecule has 0 aromatic carbocycles. The van der Waals surface area contributed by atoms with E-state index in [1.807, 2.05) is 0 Å². The van der Waals surface area contributed by atoms with Crippen LogP contribution in [0, 0.1) is 0 Å². The van der Waals surface area contributed by atoms with Crippen LogP contribution in [0.25, 0.3) is 0 Å². The zero-order chi connectivity index (χ0) is 4.50. The Kier molecular flexibility index (Phi) is 6.42. The van der Waals surface area contributed by atoms with Crippen molar-refractivity contribution in [3.05, 3.63) is 0 Å². The summed E-state index contributed by atoms with van der Waals surface area (Å²) in [6.07, 6.45) is 0. The van der Waals surface area contributed by atoms with Crippen LogP contribution < -0.4 is 0 Å². The van der Waals surface area contributed by atoms with E-state index in [0.29, 0.717) is 0 Å². The number of rotatable bonds is 0. The Bertz CT molecular complexity index is 56.9. The second-order valence-electron chi connectivity index (χ2n) is 0.399. The van der Waals surface area contributed by atoms with Crippen LogP contribution >= 0.6 is 8.07 Å². The molecule has 0 aliphatic rings. The predicted molar refractivity (Wildman–Crippen MR) is 16.7 cm³/mol. The molecule has 0 N–H and O–H groups in total. The van der Waals surface area contributed by atoms with Gasteiger partial charge in [-0.3, -0.25) is 0 Å². The Morgan fingerprint density at radius 1 is 1.17 bits per heavy atom. The quantitative estimate of drug-likeness (QED) is 0.372. The minimum Gasteiger partial charge on any atom is -0.215 e. The van der Waals surface area contributed by atoms with Crippen molar-refractivity contribution in [1.29, 1.82) is 0 Å². The minimum absolute atomic E-state index is 0. The molecule has 0 saturated heterocycles. The van der Waals surface area contributed by atoms with Crippen LogP contribution in [0.5, 0.6) is 0 Å². The van der Waals surface area contributed by atoms with E-state index in [-0.39, 0.29) is 51.4 Å². The van der Waals surface area contributed by atoms with Gasteiger partial charge in [0.15, 0.2) is 0 Å².